The lowest BCUT2D eigenvalue weighted by atomic mass is 10.3. The second-order valence-electron chi connectivity index (χ2n) is 2.89. The monoisotopic (exact) mass is 178 g/mol. The molecular weight excluding hydrogens is 164 g/mol. The summed E-state index contributed by atoms with van der Waals surface area (Å²) in [6, 6.07) is 0. The lowest BCUT2D eigenvalue weighted by Gasteiger charge is -1.97. The molecule has 0 spiro atoms. The van der Waals surface area contributed by atoms with Gasteiger partial charge < -0.3 is 0 Å². The molecule has 0 aromatic heterocycles. The number of hydrogen-bond donors (Lipinski definition) is 0. The van der Waals surface area contributed by atoms with Gasteiger partial charge in [0.2, 0.25) is 0 Å². The van der Waals surface area contributed by atoms with Crippen molar-refractivity contribution in [3.63, 3.8) is 0 Å². The molecule has 0 aromatic rings. The molecule has 0 heterocycles. The lowest BCUT2D eigenvalue weighted by Crippen LogP contribution is -1.85. The van der Waals surface area contributed by atoms with Gasteiger partial charge in [-0.3, -0.25) is 0 Å². The summed E-state index contributed by atoms with van der Waals surface area (Å²) in [6.07, 6.45) is 5.62. The van der Waals surface area contributed by atoms with E-state index in [1.54, 1.807) is 0 Å². The van der Waals surface area contributed by atoms with E-state index in [9.17, 15) is 0 Å². The van der Waals surface area contributed by atoms with Crippen molar-refractivity contribution in [1.29, 1.82) is 0 Å². The van der Waals surface area contributed by atoms with Crippen LogP contribution >= 0.6 is 23.4 Å². The van der Waals surface area contributed by atoms with Crippen molar-refractivity contribution in [3.8, 4) is 0 Å². The summed E-state index contributed by atoms with van der Waals surface area (Å²) in [5, 5.41) is 0. The second kappa shape index (κ2) is 5.31. The minimum absolute atomic E-state index is 0.830. The van der Waals surface area contributed by atoms with Crippen LogP contribution < -0.4 is 0 Å². The third-order valence-electron chi connectivity index (χ3n) is 1.79. The topological polar surface area (TPSA) is 0 Å². The van der Waals surface area contributed by atoms with Crippen LogP contribution in [0.1, 0.15) is 25.7 Å². The fraction of sp³-hybridized carbons (Fsp3) is 1.00. The van der Waals surface area contributed by atoms with Gasteiger partial charge in [-0.1, -0.05) is 12.8 Å². The maximum atomic E-state index is 5.54. The van der Waals surface area contributed by atoms with Crippen LogP contribution in [-0.2, 0) is 0 Å². The van der Waals surface area contributed by atoms with Crippen LogP contribution in [0.3, 0.4) is 0 Å². The first kappa shape index (κ1) is 8.73. The second-order valence-corrected chi connectivity index (χ2v) is 4.49. The minimum atomic E-state index is 0.830. The molecule has 0 radical (unpaired) electrons. The molecule has 0 aromatic carbocycles. The van der Waals surface area contributed by atoms with E-state index in [4.69, 9.17) is 11.6 Å². The van der Waals surface area contributed by atoms with Crippen LogP contribution in [-0.4, -0.2) is 17.4 Å². The maximum Gasteiger partial charge on any atom is 0.0231 e. The van der Waals surface area contributed by atoms with E-state index >= 15 is 0 Å². The van der Waals surface area contributed by atoms with E-state index in [2.05, 4.69) is 11.8 Å². The third-order valence-corrected chi connectivity index (χ3v) is 3.16. The Morgan fingerprint density at radius 1 is 1.30 bits per heavy atom. The van der Waals surface area contributed by atoms with Crippen LogP contribution in [0.15, 0.2) is 0 Å². The van der Waals surface area contributed by atoms with Crippen LogP contribution in [0.2, 0.25) is 0 Å². The van der Waals surface area contributed by atoms with Crippen molar-refractivity contribution in [2.75, 3.05) is 17.4 Å². The predicted octanol–water partition coefficient (Wildman–Crippen LogP) is 3.15. The molecule has 1 aliphatic rings. The molecule has 1 rings (SSSR count). The Balaban J connectivity index is 1.68. The Morgan fingerprint density at radius 3 is 2.70 bits per heavy atom. The Kier molecular flexibility index (Phi) is 4.64. The Labute approximate surface area is 72.7 Å². The molecule has 1 saturated carbocycles. The van der Waals surface area contributed by atoms with Gasteiger partial charge in [0, 0.05) is 5.88 Å². The molecule has 2 heteroatoms. The van der Waals surface area contributed by atoms with Crippen molar-refractivity contribution in [3.05, 3.63) is 0 Å². The zero-order chi connectivity index (χ0) is 7.23. The van der Waals surface area contributed by atoms with Gasteiger partial charge in [-0.05, 0) is 30.3 Å². The standard InChI is InChI=1S/C8H15ClS/c9-5-1-6-10-7-4-8-2-3-8/h8H,1-7H2. The highest BCUT2D eigenvalue weighted by Gasteiger charge is 2.19. The lowest BCUT2D eigenvalue weighted by molar-refractivity contribution is 0.808. The van der Waals surface area contributed by atoms with Gasteiger partial charge in [0.15, 0.2) is 0 Å². The predicted molar refractivity (Wildman–Crippen MR) is 50.0 cm³/mol. The first-order valence-electron chi connectivity index (χ1n) is 4.07. The average molecular weight is 179 g/mol. The van der Waals surface area contributed by atoms with Gasteiger partial charge >= 0.3 is 0 Å². The molecular formula is C8H15ClS. The number of alkyl halides is 1. The molecule has 0 bridgehead atoms. The highest BCUT2D eigenvalue weighted by atomic mass is 35.5. The third kappa shape index (κ3) is 4.45. The van der Waals surface area contributed by atoms with E-state index < -0.39 is 0 Å². The highest BCUT2D eigenvalue weighted by Crippen LogP contribution is 2.33. The summed E-state index contributed by atoms with van der Waals surface area (Å²) >= 11 is 7.60. The normalized spacial score (nSPS) is 17.7. The molecule has 0 saturated heterocycles. The van der Waals surface area contributed by atoms with Gasteiger partial charge in [0.05, 0.1) is 0 Å². The Hall–Kier alpha value is 0.640. The summed E-state index contributed by atoms with van der Waals surface area (Å²) < 4.78 is 0. The van der Waals surface area contributed by atoms with Crippen LogP contribution in [0.4, 0.5) is 0 Å². The van der Waals surface area contributed by atoms with Gasteiger partial charge in [0.1, 0.15) is 0 Å². The SMILES string of the molecule is ClCCCSCCC1CC1. The number of rotatable bonds is 6. The van der Waals surface area contributed by atoms with E-state index in [1.807, 2.05) is 0 Å². The van der Waals surface area contributed by atoms with Crippen molar-refractivity contribution >= 4 is 23.4 Å². The van der Waals surface area contributed by atoms with Crippen LogP contribution in [0.5, 0.6) is 0 Å². The van der Waals surface area contributed by atoms with Crippen LogP contribution in [0.25, 0.3) is 0 Å². The van der Waals surface area contributed by atoms with Gasteiger partial charge in [0.25, 0.3) is 0 Å². The van der Waals surface area contributed by atoms with E-state index in [-0.39, 0.29) is 0 Å². The van der Waals surface area contributed by atoms with E-state index in [0.717, 1.165) is 11.8 Å². The zero-order valence-electron chi connectivity index (χ0n) is 6.31. The summed E-state index contributed by atoms with van der Waals surface area (Å²) in [5.41, 5.74) is 0. The summed E-state index contributed by atoms with van der Waals surface area (Å²) in [4.78, 5) is 0. The van der Waals surface area contributed by atoms with E-state index in [1.165, 1.54) is 37.2 Å². The molecule has 0 nitrogen and oxygen atoms in total. The zero-order valence-corrected chi connectivity index (χ0v) is 7.89. The number of thioether (sulfide) groups is 1. The Bertz CT molecular complexity index is 81.3. The van der Waals surface area contributed by atoms with Crippen molar-refractivity contribution < 1.29 is 0 Å². The molecule has 0 amide bonds. The first-order valence-corrected chi connectivity index (χ1v) is 5.76. The molecule has 0 unspecified atom stereocenters. The number of hydrogen-bond acceptors (Lipinski definition) is 1. The molecule has 1 aliphatic carbocycles. The van der Waals surface area contributed by atoms with Crippen LogP contribution in [0, 0.1) is 5.92 Å². The number of halogens is 1. The summed E-state index contributed by atoms with van der Waals surface area (Å²) in [5.74, 6) is 4.55. The molecule has 1 fully saturated rings. The highest BCUT2D eigenvalue weighted by molar-refractivity contribution is 7.99. The van der Waals surface area contributed by atoms with Gasteiger partial charge in [-0.25, -0.2) is 0 Å². The van der Waals surface area contributed by atoms with Crippen molar-refractivity contribution in [2.45, 2.75) is 25.7 Å². The summed E-state index contributed by atoms with van der Waals surface area (Å²) in [7, 11) is 0. The molecule has 10 heavy (non-hydrogen) atoms. The maximum absolute atomic E-state index is 5.54. The quantitative estimate of drug-likeness (QED) is 0.445. The molecule has 0 atom stereocenters. The van der Waals surface area contributed by atoms with Gasteiger partial charge in [-0.2, -0.15) is 11.8 Å². The summed E-state index contributed by atoms with van der Waals surface area (Å²) in [6.45, 7) is 0. The fourth-order valence-corrected chi connectivity index (χ4v) is 2.26. The van der Waals surface area contributed by atoms with E-state index in [0.29, 0.717) is 0 Å². The van der Waals surface area contributed by atoms with Crippen molar-refractivity contribution in [2.24, 2.45) is 5.92 Å². The molecule has 0 N–H and O–H groups in total. The minimum Gasteiger partial charge on any atom is -0.162 e. The van der Waals surface area contributed by atoms with Gasteiger partial charge in [-0.15, -0.1) is 11.6 Å². The fourth-order valence-electron chi connectivity index (χ4n) is 0.915. The first-order chi connectivity index (χ1) is 4.93. The molecule has 60 valence electrons. The Morgan fingerprint density at radius 2 is 2.10 bits per heavy atom. The smallest absolute Gasteiger partial charge is 0.0231 e. The van der Waals surface area contributed by atoms with Crippen molar-refractivity contribution in [1.82, 2.24) is 0 Å². The largest absolute Gasteiger partial charge is 0.162 e. The average Bonchev–Trinajstić information content (AvgIpc) is 2.71. The molecule has 0 aliphatic heterocycles.